The van der Waals surface area contributed by atoms with Gasteiger partial charge in [0.25, 0.3) is 0 Å². The maximum Gasteiger partial charge on any atom is 0.129 e. The number of nitrogens with zero attached hydrogens (tertiary/aromatic N) is 3. The van der Waals surface area contributed by atoms with Gasteiger partial charge in [0.05, 0.1) is 5.57 Å². The van der Waals surface area contributed by atoms with Crippen LogP contribution in [0.25, 0.3) is 0 Å². The second-order valence-corrected chi connectivity index (χ2v) is 4.07. The molecule has 0 aromatic heterocycles. The molecule has 2 N–H and O–H groups in total. The molecule has 0 aromatic carbocycles. The maximum absolute atomic E-state index is 8.80. The molecule has 0 spiro atoms. The summed E-state index contributed by atoms with van der Waals surface area (Å²) in [6.07, 6.45) is 11.3. The molecule has 0 unspecified atom stereocenters. The second-order valence-electron chi connectivity index (χ2n) is 3.19. The van der Waals surface area contributed by atoms with Crippen molar-refractivity contribution in [3.8, 4) is 12.1 Å². The van der Waals surface area contributed by atoms with Crippen molar-refractivity contribution < 1.29 is 0 Å². The molecule has 0 saturated carbocycles. The van der Waals surface area contributed by atoms with Gasteiger partial charge in [0.2, 0.25) is 0 Å². The zero-order chi connectivity index (χ0) is 12.7. The summed E-state index contributed by atoms with van der Waals surface area (Å²) in [5.74, 6) is 0. The molecule has 0 amide bonds. The summed E-state index contributed by atoms with van der Waals surface area (Å²) >= 11 is 1.68. The summed E-state index contributed by atoms with van der Waals surface area (Å²) < 4.78 is 0. The summed E-state index contributed by atoms with van der Waals surface area (Å²) in [7, 11) is 0. The van der Waals surface area contributed by atoms with Crippen molar-refractivity contribution in [2.24, 2.45) is 5.73 Å². The van der Waals surface area contributed by atoms with E-state index in [1.54, 1.807) is 30.1 Å². The zero-order valence-corrected chi connectivity index (χ0v) is 10.2. The van der Waals surface area contributed by atoms with Crippen molar-refractivity contribution in [1.29, 1.82) is 10.5 Å². The Hall–Kier alpha value is -2.11. The Kier molecular flexibility index (Phi) is 4.93. The van der Waals surface area contributed by atoms with Gasteiger partial charge < -0.3 is 10.6 Å². The molecule has 1 heterocycles. The van der Waals surface area contributed by atoms with Crippen LogP contribution in [0.2, 0.25) is 0 Å². The molecule has 0 fully saturated rings. The van der Waals surface area contributed by atoms with E-state index in [1.165, 1.54) is 4.91 Å². The summed E-state index contributed by atoms with van der Waals surface area (Å²) in [5, 5.41) is 17.4. The van der Waals surface area contributed by atoms with Crippen LogP contribution in [0.3, 0.4) is 0 Å². The maximum atomic E-state index is 8.80. The van der Waals surface area contributed by atoms with Gasteiger partial charge in [-0.3, -0.25) is 0 Å². The molecule has 0 saturated heterocycles. The van der Waals surface area contributed by atoms with E-state index in [2.05, 4.69) is 6.08 Å². The molecule has 1 aliphatic heterocycles. The van der Waals surface area contributed by atoms with Gasteiger partial charge in [0, 0.05) is 23.8 Å². The van der Waals surface area contributed by atoms with Gasteiger partial charge in [-0.2, -0.15) is 10.5 Å². The first-order valence-corrected chi connectivity index (χ1v) is 6.10. The molecule has 86 valence electrons. The Morgan fingerprint density at radius 1 is 1.53 bits per heavy atom. The minimum Gasteiger partial charge on any atom is -0.389 e. The number of allylic oxidation sites excluding steroid dienone is 4. The van der Waals surface area contributed by atoms with Gasteiger partial charge >= 0.3 is 0 Å². The number of nitriles is 2. The molecule has 0 bridgehead atoms. The van der Waals surface area contributed by atoms with Crippen LogP contribution in [-0.2, 0) is 0 Å². The highest BCUT2D eigenvalue weighted by Crippen LogP contribution is 2.17. The number of hydrogen-bond acceptors (Lipinski definition) is 5. The lowest BCUT2D eigenvalue weighted by atomic mass is 10.2. The topological polar surface area (TPSA) is 76.8 Å². The fraction of sp³-hybridized carbons (Fsp3) is 0.167. The van der Waals surface area contributed by atoms with Crippen LogP contribution in [-0.4, -0.2) is 17.7 Å². The van der Waals surface area contributed by atoms with Crippen molar-refractivity contribution in [3.05, 3.63) is 46.8 Å². The van der Waals surface area contributed by atoms with Crippen molar-refractivity contribution in [2.45, 2.75) is 0 Å². The quantitative estimate of drug-likeness (QED) is 0.605. The highest BCUT2D eigenvalue weighted by Gasteiger charge is 2.02. The molecule has 0 atom stereocenters. The molecule has 4 nitrogen and oxygen atoms in total. The van der Waals surface area contributed by atoms with Crippen molar-refractivity contribution in [1.82, 2.24) is 4.90 Å². The van der Waals surface area contributed by atoms with E-state index in [4.69, 9.17) is 16.3 Å². The van der Waals surface area contributed by atoms with E-state index in [0.717, 1.165) is 6.54 Å². The van der Waals surface area contributed by atoms with Crippen LogP contribution in [0.1, 0.15) is 0 Å². The van der Waals surface area contributed by atoms with E-state index in [-0.39, 0.29) is 11.3 Å². The summed E-state index contributed by atoms with van der Waals surface area (Å²) in [4.78, 5) is 3.11. The fourth-order valence-electron chi connectivity index (χ4n) is 1.17. The largest absolute Gasteiger partial charge is 0.389 e. The SMILES string of the molecule is CSC1=CCN(/C=C/C(C#N)=C(/N)C#N)C=C1. The lowest BCUT2D eigenvalue weighted by Gasteiger charge is -2.17. The first-order chi connectivity index (χ1) is 8.21. The van der Waals surface area contributed by atoms with Crippen molar-refractivity contribution in [2.75, 3.05) is 12.8 Å². The molecule has 0 aliphatic carbocycles. The van der Waals surface area contributed by atoms with Crippen LogP contribution in [0.5, 0.6) is 0 Å². The number of thioether (sulfide) groups is 1. The Balaban J connectivity index is 2.70. The summed E-state index contributed by atoms with van der Waals surface area (Å²) in [6.45, 7) is 0.744. The van der Waals surface area contributed by atoms with Crippen molar-refractivity contribution >= 4 is 11.8 Å². The van der Waals surface area contributed by atoms with Gasteiger partial charge in [-0.25, -0.2) is 0 Å². The number of hydrogen-bond donors (Lipinski definition) is 1. The van der Waals surface area contributed by atoms with E-state index in [9.17, 15) is 0 Å². The van der Waals surface area contributed by atoms with Gasteiger partial charge in [-0.05, 0) is 18.4 Å². The highest BCUT2D eigenvalue weighted by atomic mass is 32.2. The smallest absolute Gasteiger partial charge is 0.129 e. The second kappa shape index (κ2) is 6.47. The van der Waals surface area contributed by atoms with Gasteiger partial charge in [0.1, 0.15) is 17.8 Å². The van der Waals surface area contributed by atoms with Gasteiger partial charge in [-0.1, -0.05) is 6.08 Å². The van der Waals surface area contributed by atoms with E-state index in [1.807, 2.05) is 29.5 Å². The minimum atomic E-state index is -0.0647. The van der Waals surface area contributed by atoms with Crippen LogP contribution >= 0.6 is 11.8 Å². The third-order valence-electron chi connectivity index (χ3n) is 2.13. The fourth-order valence-corrected chi connectivity index (χ4v) is 1.61. The van der Waals surface area contributed by atoms with Crippen LogP contribution in [0.15, 0.2) is 46.8 Å². The van der Waals surface area contributed by atoms with Gasteiger partial charge in [0.15, 0.2) is 0 Å². The molecule has 1 rings (SSSR count). The molecule has 0 aromatic rings. The molecule has 1 aliphatic rings. The normalized spacial score (nSPS) is 16.2. The minimum absolute atomic E-state index is 0.0647. The Morgan fingerprint density at radius 2 is 2.29 bits per heavy atom. The first-order valence-electron chi connectivity index (χ1n) is 4.87. The van der Waals surface area contributed by atoms with Crippen molar-refractivity contribution in [3.63, 3.8) is 0 Å². The molecular weight excluding hydrogens is 232 g/mol. The first kappa shape index (κ1) is 13.0. The average molecular weight is 244 g/mol. The van der Waals surface area contributed by atoms with E-state index >= 15 is 0 Å². The third kappa shape index (κ3) is 3.75. The average Bonchev–Trinajstić information content (AvgIpc) is 2.39. The van der Waals surface area contributed by atoms with Crippen LogP contribution < -0.4 is 5.73 Å². The predicted octanol–water partition coefficient (Wildman–Crippen LogP) is 1.84. The number of rotatable bonds is 3. The monoisotopic (exact) mass is 244 g/mol. The molecular formula is C12H12N4S. The standard InChI is InChI=1S/C12H12N4S/c1-17-11-3-6-16(7-4-11)5-2-10(8-13)12(15)9-14/h2-6H,7,15H2,1H3/b5-2+,12-10-. The summed E-state index contributed by atoms with van der Waals surface area (Å²) in [6, 6.07) is 3.64. The highest BCUT2D eigenvalue weighted by molar-refractivity contribution is 8.02. The lowest BCUT2D eigenvalue weighted by molar-refractivity contribution is 0.559. The Labute approximate surface area is 105 Å². The Bertz CT molecular complexity index is 486. The number of nitrogens with two attached hydrogens (primary N) is 1. The summed E-state index contributed by atoms with van der Waals surface area (Å²) in [5.41, 5.74) is 5.50. The van der Waals surface area contributed by atoms with Crippen LogP contribution in [0.4, 0.5) is 0 Å². The predicted molar refractivity (Wildman–Crippen MR) is 69.0 cm³/mol. The zero-order valence-electron chi connectivity index (χ0n) is 9.42. The van der Waals surface area contributed by atoms with Crippen LogP contribution in [0, 0.1) is 22.7 Å². The lowest BCUT2D eigenvalue weighted by Crippen LogP contribution is -2.12. The molecule has 5 heteroatoms. The van der Waals surface area contributed by atoms with Gasteiger partial charge in [-0.15, -0.1) is 11.8 Å². The van der Waals surface area contributed by atoms with E-state index < -0.39 is 0 Å². The third-order valence-corrected chi connectivity index (χ3v) is 2.91. The molecule has 0 radical (unpaired) electrons. The molecule has 17 heavy (non-hydrogen) atoms. The Morgan fingerprint density at radius 3 is 2.76 bits per heavy atom. The van der Waals surface area contributed by atoms with E-state index in [0.29, 0.717) is 0 Å².